The van der Waals surface area contributed by atoms with Crippen LogP contribution in [0.2, 0.25) is 0 Å². The van der Waals surface area contributed by atoms with Crippen molar-refractivity contribution in [1.29, 1.82) is 0 Å². The van der Waals surface area contributed by atoms with Crippen molar-refractivity contribution in [3.05, 3.63) is 591 Å². The van der Waals surface area contributed by atoms with Gasteiger partial charge in [0.25, 0.3) is 0 Å². The molecule has 0 saturated heterocycles. The number of hydrogen-bond acceptors (Lipinski definition) is 2. The first-order chi connectivity index (χ1) is 70.1. The summed E-state index contributed by atoms with van der Waals surface area (Å²) in [5.41, 5.74) is 42.8. The molecular weight excluding hydrogens is 1710 g/mol. The Morgan fingerprint density at radius 2 is 0.437 bits per heavy atom. The van der Waals surface area contributed by atoms with Crippen LogP contribution >= 0.6 is 0 Å². The highest BCUT2D eigenvalue weighted by Crippen LogP contribution is 2.60. The lowest BCUT2D eigenvalue weighted by Crippen LogP contribution is -2.28. The van der Waals surface area contributed by atoms with Crippen molar-refractivity contribution in [2.24, 2.45) is 0 Å². The van der Waals surface area contributed by atoms with Gasteiger partial charge in [-0.2, -0.15) is 0 Å². The van der Waals surface area contributed by atoms with E-state index in [1.165, 1.54) is 210 Å². The Hall–Kier alpha value is -18.1. The number of rotatable bonds is 18. The Morgan fingerprint density at radius 3 is 0.873 bits per heavy atom. The number of fused-ring (bicyclic) bond motifs is 12. The van der Waals surface area contributed by atoms with Crippen molar-refractivity contribution in [1.82, 2.24) is 0 Å². The Bertz CT molecular complexity index is 8500. The minimum atomic E-state index is -0.604. The van der Waals surface area contributed by atoms with Crippen LogP contribution in [0.3, 0.4) is 0 Å². The zero-order valence-corrected chi connectivity index (χ0v) is 79.0. The first-order valence-electron chi connectivity index (χ1n) is 49.3. The normalized spacial score (nSPS) is 12.4. The van der Waals surface area contributed by atoms with Gasteiger partial charge in [0.1, 0.15) is 0 Å². The fourth-order valence-electron chi connectivity index (χ4n) is 22.4. The quantitative estimate of drug-likeness (QED) is 0.0790. The predicted molar refractivity (Wildman–Crippen MR) is 602 cm³/mol. The molecule has 0 saturated carbocycles. The van der Waals surface area contributed by atoms with Crippen molar-refractivity contribution in [3.8, 4) is 134 Å². The summed E-state index contributed by atoms with van der Waals surface area (Å²) in [7, 11) is 0. The molecule has 0 radical (unpaired) electrons. The van der Waals surface area contributed by atoms with Crippen LogP contribution in [0.5, 0.6) is 0 Å². The summed E-state index contributed by atoms with van der Waals surface area (Å²) >= 11 is 0. The van der Waals surface area contributed by atoms with Crippen molar-refractivity contribution >= 4 is 77.2 Å². The third-order valence-electron chi connectivity index (χ3n) is 29.7. The summed E-state index contributed by atoms with van der Waals surface area (Å²) in [6.07, 6.45) is 0. The molecule has 26 rings (SSSR count). The number of benzene rings is 24. The van der Waals surface area contributed by atoms with E-state index in [2.05, 4.69) is 582 Å². The molecule has 0 spiro atoms. The van der Waals surface area contributed by atoms with Crippen LogP contribution in [-0.2, 0) is 10.8 Å². The monoisotopic (exact) mass is 1810 g/mol. The predicted octanol–water partition coefficient (Wildman–Crippen LogP) is 38.3. The molecule has 2 aliphatic carbocycles. The average Bonchev–Trinajstić information content (AvgIpc) is 1.53. The molecule has 0 aromatic heterocycles. The summed E-state index contributed by atoms with van der Waals surface area (Å²) in [6, 6.07) is 205. The molecule has 2 heteroatoms. The summed E-state index contributed by atoms with van der Waals surface area (Å²) in [5.74, 6) is 0. The highest BCUT2D eigenvalue weighted by molar-refractivity contribution is 6.15. The van der Waals surface area contributed by atoms with E-state index in [1.54, 1.807) is 0 Å². The molecule has 0 unspecified atom stereocenters. The maximum absolute atomic E-state index is 2.50. The van der Waals surface area contributed by atoms with Gasteiger partial charge in [-0.3, -0.25) is 0 Å². The summed E-state index contributed by atoms with van der Waals surface area (Å²) in [4.78, 5) is 4.90. The van der Waals surface area contributed by atoms with Crippen LogP contribution in [0.25, 0.3) is 177 Å². The van der Waals surface area contributed by atoms with Crippen molar-refractivity contribution in [2.45, 2.75) is 24.7 Å². The molecule has 668 valence electrons. The van der Waals surface area contributed by atoms with E-state index in [0.717, 1.165) is 34.1 Å². The van der Waals surface area contributed by atoms with Crippen LogP contribution in [0.15, 0.2) is 558 Å². The molecular formula is C140H98N2. The maximum atomic E-state index is 2.50. The maximum Gasteiger partial charge on any atom is 0.0714 e. The molecule has 2 aliphatic rings. The molecule has 0 bridgehead atoms. The van der Waals surface area contributed by atoms with Crippen LogP contribution in [0.1, 0.15) is 47.2 Å². The summed E-state index contributed by atoms with van der Waals surface area (Å²) < 4.78 is 0. The highest BCUT2D eigenvalue weighted by atomic mass is 15.1. The molecule has 24 aromatic rings. The molecule has 0 aliphatic heterocycles. The Labute approximate surface area is 830 Å². The van der Waals surface area contributed by atoms with E-state index < -0.39 is 5.41 Å². The van der Waals surface area contributed by atoms with Gasteiger partial charge in [-0.05, 0) is 296 Å². The minimum absolute atomic E-state index is 0.274. The van der Waals surface area contributed by atoms with Gasteiger partial charge in [0, 0.05) is 39.2 Å². The number of hydrogen-bond donors (Lipinski definition) is 0. The van der Waals surface area contributed by atoms with Crippen LogP contribution < -0.4 is 9.80 Å². The fraction of sp³-hybridized carbons (Fsp3) is 0.0286. The molecule has 0 fully saturated rings. The van der Waals surface area contributed by atoms with Crippen molar-refractivity contribution < 1.29 is 0 Å². The van der Waals surface area contributed by atoms with Gasteiger partial charge in [0.2, 0.25) is 0 Å². The Kier molecular flexibility index (Phi) is 22.0. The van der Waals surface area contributed by atoms with Crippen LogP contribution in [0.4, 0.5) is 34.1 Å². The van der Waals surface area contributed by atoms with Gasteiger partial charge in [-0.1, -0.05) is 481 Å². The van der Waals surface area contributed by atoms with E-state index in [1.807, 2.05) is 0 Å². The van der Waals surface area contributed by atoms with Crippen LogP contribution in [-0.4, -0.2) is 0 Å². The molecule has 2 nitrogen and oxygen atoms in total. The number of anilines is 6. The van der Waals surface area contributed by atoms with E-state index in [0.29, 0.717) is 0 Å². The zero-order valence-electron chi connectivity index (χ0n) is 79.0. The topological polar surface area (TPSA) is 6.48 Å². The minimum Gasteiger partial charge on any atom is -0.310 e. The van der Waals surface area contributed by atoms with Crippen molar-refractivity contribution in [3.63, 3.8) is 0 Å². The highest BCUT2D eigenvalue weighted by Gasteiger charge is 2.47. The van der Waals surface area contributed by atoms with E-state index in [9.17, 15) is 0 Å². The van der Waals surface area contributed by atoms with E-state index >= 15 is 0 Å². The van der Waals surface area contributed by atoms with E-state index in [-0.39, 0.29) is 5.41 Å². The SMILES string of the molecule is CC1(C)c2cc(-c3cc4ccccc4c4ccccc34)ccc2-c2c1cc(N(c1ccc(-c3ccc(-c4ccccc4)cc3)cc1)c1ccc(-c3ccc(-c4ccccc4)cc3)cc1)c1ccccc21.c1ccc(-c2ccc(-c3ccc(N(c4ccc(-c5ccc(-c6ccccc6)cc5)cc4)c4ccc5c(c4)C(c4ccccc4)(c4ccccc4)c4cc(-c6ccc7ccccc7c6)ccc4-5)cc3)cc2)cc1. The third-order valence-corrected chi connectivity index (χ3v) is 29.7. The van der Waals surface area contributed by atoms with Gasteiger partial charge in [0.05, 0.1) is 11.1 Å². The van der Waals surface area contributed by atoms with Gasteiger partial charge in [-0.25, -0.2) is 0 Å². The number of nitrogens with zero attached hydrogens (tertiary/aromatic N) is 2. The molecule has 0 amide bonds. The molecule has 24 aromatic carbocycles. The first kappa shape index (κ1) is 85.6. The average molecular weight is 1810 g/mol. The van der Waals surface area contributed by atoms with Gasteiger partial charge < -0.3 is 9.80 Å². The fourth-order valence-corrected chi connectivity index (χ4v) is 22.4. The largest absolute Gasteiger partial charge is 0.310 e. The molecule has 142 heavy (non-hydrogen) atoms. The van der Waals surface area contributed by atoms with Gasteiger partial charge in [0.15, 0.2) is 0 Å². The van der Waals surface area contributed by atoms with Gasteiger partial charge in [-0.15, -0.1) is 0 Å². The molecule has 0 heterocycles. The lowest BCUT2D eigenvalue weighted by molar-refractivity contribution is 0.661. The van der Waals surface area contributed by atoms with Crippen LogP contribution in [0, 0.1) is 0 Å². The standard InChI is InChI=1S/C71H49N.C69H49N/c1-5-15-50(16-6-1)53-25-29-55(30-26-53)57-35-40-64(41-36-57)72(65-42-37-58(38-43-65)56-31-27-54(28-32-56)51-17-7-2-8-18-51)66-44-46-68-67-45-39-61(60-34-33-52-19-13-14-20-59(52)47-60)48-69(67)71(70(68)49-66,62-21-9-3-10-22-62)63-23-11-4-12-24-63;1-69(2)65-44-55(64-43-54-19-9-10-20-58(54)59-21-11-12-22-60(59)64)37-42-63(65)68-62-24-14-13-23-61(62)67(45-66(68)69)70(56-38-33-52(34-39-56)50-29-25-48(26-30-50)46-15-5-3-6-16-46)57-40-35-53(36-41-57)51-31-27-49(28-32-51)47-17-7-4-8-18-47/h1-49H;3-45H,1-2H3. The Balaban J connectivity index is 0.000000149. The summed E-state index contributed by atoms with van der Waals surface area (Å²) in [6.45, 7) is 4.83. The second-order valence-corrected chi connectivity index (χ2v) is 38.1. The first-order valence-corrected chi connectivity index (χ1v) is 49.3. The third kappa shape index (κ3) is 15.6. The smallest absolute Gasteiger partial charge is 0.0714 e. The van der Waals surface area contributed by atoms with Crippen molar-refractivity contribution in [2.75, 3.05) is 9.80 Å². The zero-order chi connectivity index (χ0) is 94.6. The summed E-state index contributed by atoms with van der Waals surface area (Å²) in [5, 5.41) is 10.1. The molecule has 0 N–H and O–H groups in total. The molecule has 0 atom stereocenters. The second kappa shape index (κ2) is 36.4. The lowest BCUT2D eigenvalue weighted by Gasteiger charge is -2.35. The second-order valence-electron chi connectivity index (χ2n) is 38.1. The van der Waals surface area contributed by atoms with Gasteiger partial charge >= 0.3 is 0 Å². The lowest BCUT2D eigenvalue weighted by atomic mass is 9.67. The Morgan fingerprint density at radius 1 is 0.148 bits per heavy atom. The van der Waals surface area contributed by atoms with E-state index in [4.69, 9.17) is 0 Å².